The molecule has 7 heteroatoms. The van der Waals surface area contributed by atoms with Crippen LogP contribution < -0.4 is 10.1 Å². The highest BCUT2D eigenvalue weighted by Gasteiger charge is 2.10. The molecule has 3 aromatic rings. The first-order valence-corrected chi connectivity index (χ1v) is 6.93. The van der Waals surface area contributed by atoms with E-state index in [1.54, 1.807) is 12.1 Å². The van der Waals surface area contributed by atoms with Crippen LogP contribution in [0.4, 0.5) is 14.5 Å². The number of amides is 1. The molecule has 1 N–H and O–H groups in total. The number of hydrogen-bond donors (Lipinski definition) is 1. The van der Waals surface area contributed by atoms with E-state index in [1.165, 1.54) is 18.5 Å². The van der Waals surface area contributed by atoms with Crippen LogP contribution in [0.2, 0.25) is 0 Å². The number of hydrogen-bond acceptors (Lipinski definition) is 4. The largest absolute Gasteiger partial charge is 0.424 e. The van der Waals surface area contributed by atoms with E-state index in [0.29, 0.717) is 11.4 Å². The van der Waals surface area contributed by atoms with E-state index in [2.05, 4.69) is 15.3 Å². The van der Waals surface area contributed by atoms with E-state index in [9.17, 15) is 13.6 Å². The summed E-state index contributed by atoms with van der Waals surface area (Å²) in [5.41, 5.74) is 0.281. The van der Waals surface area contributed by atoms with Gasteiger partial charge in [-0.25, -0.2) is 18.7 Å². The zero-order valence-corrected chi connectivity index (χ0v) is 12.2. The number of para-hydroxylation sites is 1. The van der Waals surface area contributed by atoms with Crippen LogP contribution in [0.3, 0.4) is 0 Å². The van der Waals surface area contributed by atoms with Crippen LogP contribution in [0, 0.1) is 11.6 Å². The monoisotopic (exact) mass is 327 g/mol. The number of rotatable bonds is 4. The van der Waals surface area contributed by atoms with Crippen molar-refractivity contribution < 1.29 is 18.3 Å². The second kappa shape index (κ2) is 6.82. The Morgan fingerprint density at radius 3 is 2.33 bits per heavy atom. The van der Waals surface area contributed by atoms with E-state index in [1.807, 2.05) is 18.2 Å². The van der Waals surface area contributed by atoms with Crippen molar-refractivity contribution in [1.82, 2.24) is 9.97 Å². The smallest absolute Gasteiger partial charge is 0.322 e. The van der Waals surface area contributed by atoms with Crippen molar-refractivity contribution in [3.63, 3.8) is 0 Å². The third-order valence-electron chi connectivity index (χ3n) is 3.02. The Bertz CT molecular complexity index is 855. The maximum Gasteiger partial charge on any atom is 0.322 e. The second-order valence-electron chi connectivity index (χ2n) is 4.75. The summed E-state index contributed by atoms with van der Waals surface area (Å²) in [5.74, 6) is -2.13. The van der Waals surface area contributed by atoms with Crippen LogP contribution in [0.15, 0.2) is 60.9 Å². The molecule has 3 rings (SSSR count). The molecule has 0 saturated heterocycles. The molecular formula is C17H11F2N3O2. The fourth-order valence-electron chi connectivity index (χ4n) is 1.87. The van der Waals surface area contributed by atoms with Crippen LogP contribution in [-0.4, -0.2) is 15.9 Å². The second-order valence-corrected chi connectivity index (χ2v) is 4.75. The van der Waals surface area contributed by atoms with Gasteiger partial charge in [-0.15, -0.1) is 0 Å². The maximum absolute atomic E-state index is 13.1. The fourth-order valence-corrected chi connectivity index (χ4v) is 1.87. The highest BCUT2D eigenvalue weighted by Crippen LogP contribution is 2.17. The van der Waals surface area contributed by atoms with Gasteiger partial charge in [-0.1, -0.05) is 18.2 Å². The molecule has 24 heavy (non-hydrogen) atoms. The van der Waals surface area contributed by atoms with E-state index >= 15 is 0 Å². The van der Waals surface area contributed by atoms with Crippen molar-refractivity contribution in [1.29, 1.82) is 0 Å². The molecular weight excluding hydrogens is 316 g/mol. The van der Waals surface area contributed by atoms with Gasteiger partial charge in [0.25, 0.3) is 5.91 Å². The van der Waals surface area contributed by atoms with Gasteiger partial charge in [-0.2, -0.15) is 0 Å². The third kappa shape index (κ3) is 3.70. The van der Waals surface area contributed by atoms with E-state index < -0.39 is 17.5 Å². The first kappa shape index (κ1) is 15.5. The van der Waals surface area contributed by atoms with E-state index in [4.69, 9.17) is 4.74 Å². The van der Waals surface area contributed by atoms with Gasteiger partial charge in [-0.05, 0) is 30.3 Å². The summed E-state index contributed by atoms with van der Waals surface area (Å²) >= 11 is 0. The van der Waals surface area contributed by atoms with Gasteiger partial charge in [0.05, 0.1) is 18.1 Å². The highest BCUT2D eigenvalue weighted by molar-refractivity contribution is 6.04. The quantitative estimate of drug-likeness (QED) is 0.791. The number of carbonyl (C=O) groups excluding carboxylic acids is 1. The lowest BCUT2D eigenvalue weighted by Gasteiger charge is -2.06. The lowest BCUT2D eigenvalue weighted by atomic mass is 10.2. The molecule has 1 heterocycles. The first-order valence-electron chi connectivity index (χ1n) is 6.93. The number of carbonyl (C=O) groups is 1. The van der Waals surface area contributed by atoms with Gasteiger partial charge < -0.3 is 10.1 Å². The Hall–Kier alpha value is -3.35. The van der Waals surface area contributed by atoms with E-state index in [-0.39, 0.29) is 11.6 Å². The number of anilines is 1. The normalized spacial score (nSPS) is 10.2. The Kier molecular flexibility index (Phi) is 4.42. The Morgan fingerprint density at radius 1 is 0.958 bits per heavy atom. The average Bonchev–Trinajstić information content (AvgIpc) is 2.60. The Balaban J connectivity index is 1.67. The zero-order valence-electron chi connectivity index (χ0n) is 12.2. The standard InChI is InChI=1S/C17H11F2N3O2/c18-14-7-6-11(8-15(14)19)16(23)22-12-9-20-17(21-10-12)24-13-4-2-1-3-5-13/h1-10H,(H,22,23). The minimum atomic E-state index is -1.09. The van der Waals surface area contributed by atoms with Crippen molar-refractivity contribution in [2.75, 3.05) is 5.32 Å². The minimum absolute atomic E-state index is 0.0153. The molecule has 0 saturated carbocycles. The molecule has 0 aliphatic rings. The SMILES string of the molecule is O=C(Nc1cnc(Oc2ccccc2)nc1)c1ccc(F)c(F)c1. The van der Waals surface area contributed by atoms with Gasteiger partial charge in [-0.3, -0.25) is 4.79 Å². The molecule has 0 fully saturated rings. The lowest BCUT2D eigenvalue weighted by Crippen LogP contribution is -2.13. The lowest BCUT2D eigenvalue weighted by molar-refractivity contribution is 0.102. The van der Waals surface area contributed by atoms with Gasteiger partial charge >= 0.3 is 6.01 Å². The summed E-state index contributed by atoms with van der Waals surface area (Å²) in [5, 5.41) is 2.49. The fraction of sp³-hybridized carbons (Fsp3) is 0. The molecule has 1 aromatic heterocycles. The van der Waals surface area contributed by atoms with Gasteiger partial charge in [0, 0.05) is 5.56 Å². The molecule has 0 atom stereocenters. The van der Waals surface area contributed by atoms with Crippen molar-refractivity contribution >= 4 is 11.6 Å². The molecule has 0 unspecified atom stereocenters. The van der Waals surface area contributed by atoms with Crippen LogP contribution >= 0.6 is 0 Å². The van der Waals surface area contributed by atoms with E-state index in [0.717, 1.165) is 12.1 Å². The molecule has 0 radical (unpaired) electrons. The van der Waals surface area contributed by atoms with Crippen LogP contribution in [0.5, 0.6) is 11.8 Å². The van der Waals surface area contributed by atoms with Crippen molar-refractivity contribution in [2.24, 2.45) is 0 Å². The molecule has 0 bridgehead atoms. The predicted octanol–water partition coefficient (Wildman–Crippen LogP) is 3.80. The van der Waals surface area contributed by atoms with Gasteiger partial charge in [0.2, 0.25) is 0 Å². The maximum atomic E-state index is 13.1. The number of aromatic nitrogens is 2. The third-order valence-corrected chi connectivity index (χ3v) is 3.02. The van der Waals surface area contributed by atoms with Gasteiger partial charge in [0.1, 0.15) is 5.75 Å². The Morgan fingerprint density at radius 2 is 1.67 bits per heavy atom. The summed E-state index contributed by atoms with van der Waals surface area (Å²) in [4.78, 5) is 19.9. The van der Waals surface area contributed by atoms with Crippen LogP contribution in [0.25, 0.3) is 0 Å². The number of halogens is 2. The first-order chi connectivity index (χ1) is 11.6. The molecule has 0 aliphatic heterocycles. The molecule has 0 spiro atoms. The number of ether oxygens (including phenoxy) is 1. The molecule has 2 aromatic carbocycles. The Labute approximate surface area is 136 Å². The summed E-state index contributed by atoms with van der Waals surface area (Å²) in [7, 11) is 0. The van der Waals surface area contributed by atoms with Crippen LogP contribution in [-0.2, 0) is 0 Å². The molecule has 5 nitrogen and oxygen atoms in total. The minimum Gasteiger partial charge on any atom is -0.424 e. The molecule has 0 aliphatic carbocycles. The van der Waals surface area contributed by atoms with Gasteiger partial charge in [0.15, 0.2) is 11.6 Å². The number of benzene rings is 2. The van der Waals surface area contributed by atoms with Crippen molar-refractivity contribution in [2.45, 2.75) is 0 Å². The average molecular weight is 327 g/mol. The van der Waals surface area contributed by atoms with Crippen molar-refractivity contribution in [3.05, 3.63) is 78.1 Å². The summed E-state index contributed by atoms with van der Waals surface area (Å²) < 4.78 is 31.4. The molecule has 1 amide bonds. The van der Waals surface area contributed by atoms with Crippen LogP contribution in [0.1, 0.15) is 10.4 Å². The summed E-state index contributed by atoms with van der Waals surface area (Å²) in [6.07, 6.45) is 2.70. The predicted molar refractivity (Wildman–Crippen MR) is 82.9 cm³/mol. The summed E-state index contributed by atoms with van der Waals surface area (Å²) in [6.45, 7) is 0. The highest BCUT2D eigenvalue weighted by atomic mass is 19.2. The number of nitrogens with zero attached hydrogens (tertiary/aromatic N) is 2. The summed E-state index contributed by atoms with van der Waals surface area (Å²) in [6, 6.07) is 12.0. The molecule has 120 valence electrons. The van der Waals surface area contributed by atoms with Crippen molar-refractivity contribution in [3.8, 4) is 11.8 Å². The number of nitrogens with one attached hydrogen (secondary N) is 1. The zero-order chi connectivity index (χ0) is 16.9. The topological polar surface area (TPSA) is 64.1 Å².